The molecule has 1 heterocycles. The Morgan fingerprint density at radius 1 is 1.25 bits per heavy atom. The minimum Gasteiger partial charge on any atom is -0.458 e. The molecule has 0 aliphatic carbocycles. The Balaban J connectivity index is 2.59. The molecular formula is C12H23INO2+. The number of carbonyl (C=O) groups is 1. The third kappa shape index (κ3) is 3.87. The van der Waals surface area contributed by atoms with Gasteiger partial charge in [0.05, 0.1) is 13.1 Å². The van der Waals surface area contributed by atoms with Gasteiger partial charge < -0.3 is 10.1 Å². The molecule has 1 saturated heterocycles. The molecule has 1 rings (SSSR count). The highest BCUT2D eigenvalue weighted by molar-refractivity contribution is 14.1. The number of carbonyl (C=O) groups excluding carboxylic acids is 1. The minimum atomic E-state index is -0.435. The van der Waals surface area contributed by atoms with E-state index in [9.17, 15) is 4.79 Å². The first-order valence-electron chi connectivity index (χ1n) is 5.97. The summed E-state index contributed by atoms with van der Waals surface area (Å²) in [5.41, 5.74) is -0.326. The van der Waals surface area contributed by atoms with E-state index in [1.54, 1.807) is 0 Å². The Morgan fingerprint density at radius 3 is 2.19 bits per heavy atom. The molecule has 0 atom stereocenters. The number of halogens is 1. The molecule has 94 valence electrons. The Morgan fingerprint density at radius 2 is 1.75 bits per heavy atom. The van der Waals surface area contributed by atoms with E-state index < -0.39 is 3.42 Å². The molecule has 0 bridgehead atoms. The van der Waals surface area contributed by atoms with Crippen molar-refractivity contribution < 1.29 is 14.8 Å². The van der Waals surface area contributed by atoms with Gasteiger partial charge in [0.2, 0.25) is 0 Å². The van der Waals surface area contributed by atoms with Gasteiger partial charge in [-0.15, -0.1) is 0 Å². The molecule has 0 saturated carbocycles. The molecule has 1 aliphatic rings. The van der Waals surface area contributed by atoms with Crippen LogP contribution in [0.1, 0.15) is 40.5 Å². The van der Waals surface area contributed by atoms with E-state index in [4.69, 9.17) is 4.74 Å². The smallest absolute Gasteiger partial charge is 0.321 e. The second kappa shape index (κ2) is 5.21. The average Bonchev–Trinajstić information content (AvgIpc) is 2.17. The van der Waals surface area contributed by atoms with Crippen molar-refractivity contribution in [1.29, 1.82) is 0 Å². The monoisotopic (exact) mass is 340 g/mol. The van der Waals surface area contributed by atoms with Crippen LogP contribution in [0, 0.1) is 5.92 Å². The summed E-state index contributed by atoms with van der Waals surface area (Å²) in [5, 5.41) is 2.33. The highest BCUT2D eigenvalue weighted by atomic mass is 127. The van der Waals surface area contributed by atoms with Crippen molar-refractivity contribution in [3.05, 3.63) is 0 Å². The number of rotatable bonds is 3. The lowest BCUT2D eigenvalue weighted by molar-refractivity contribution is -0.665. The molecule has 0 aromatic heterocycles. The summed E-state index contributed by atoms with van der Waals surface area (Å²) >= 11 is 2.13. The van der Waals surface area contributed by atoms with Crippen LogP contribution in [0.25, 0.3) is 0 Å². The summed E-state index contributed by atoms with van der Waals surface area (Å²) in [4.78, 5) is 11.9. The topological polar surface area (TPSA) is 42.9 Å². The maximum atomic E-state index is 11.9. The molecular weight excluding hydrogens is 317 g/mol. The number of hydrogen-bond donors (Lipinski definition) is 1. The fourth-order valence-corrected chi connectivity index (χ4v) is 2.18. The Kier molecular flexibility index (Phi) is 4.63. The number of nitrogens with two attached hydrogens (primary N) is 1. The average molecular weight is 340 g/mol. The first kappa shape index (κ1) is 14.2. The predicted molar refractivity (Wildman–Crippen MR) is 72.7 cm³/mol. The summed E-state index contributed by atoms with van der Waals surface area (Å²) in [6.07, 6.45) is 2.28. The third-order valence-corrected chi connectivity index (χ3v) is 3.70. The Bertz CT molecular complexity index is 252. The zero-order chi connectivity index (χ0) is 12.4. The number of hydrogen-bond acceptors (Lipinski definition) is 2. The van der Waals surface area contributed by atoms with Crippen LogP contribution in [0.5, 0.6) is 0 Å². The molecule has 0 spiro atoms. The SMILES string of the molecule is CC(C)(I)C(=O)OC(C)(C)C1CC[NH2+]CC1. The fourth-order valence-electron chi connectivity index (χ4n) is 2.07. The van der Waals surface area contributed by atoms with Crippen molar-refractivity contribution in [2.45, 2.75) is 49.6 Å². The van der Waals surface area contributed by atoms with Crippen LogP contribution in [-0.2, 0) is 9.53 Å². The van der Waals surface area contributed by atoms with Gasteiger partial charge in [0.15, 0.2) is 0 Å². The lowest BCUT2D eigenvalue weighted by Gasteiger charge is -2.36. The molecule has 0 unspecified atom stereocenters. The first-order valence-corrected chi connectivity index (χ1v) is 7.05. The summed E-state index contributed by atoms with van der Waals surface area (Å²) in [7, 11) is 0. The van der Waals surface area contributed by atoms with Crippen LogP contribution in [0.15, 0.2) is 0 Å². The van der Waals surface area contributed by atoms with Gasteiger partial charge in [-0.1, -0.05) is 22.6 Å². The molecule has 0 aromatic rings. The highest BCUT2D eigenvalue weighted by Gasteiger charge is 2.38. The number of quaternary nitrogens is 1. The molecule has 0 amide bonds. The molecule has 4 heteroatoms. The van der Waals surface area contributed by atoms with E-state index in [1.807, 2.05) is 27.7 Å². The van der Waals surface area contributed by atoms with Crippen LogP contribution in [0.3, 0.4) is 0 Å². The molecule has 1 fully saturated rings. The van der Waals surface area contributed by atoms with Crippen LogP contribution in [-0.4, -0.2) is 28.1 Å². The number of piperidine rings is 1. The standard InChI is InChI=1S/C12H22INO2/c1-11(2,13)10(15)16-12(3,4)9-5-7-14-8-6-9/h9,14H,5-8H2,1-4H3/p+1. The second-order valence-electron chi connectivity index (χ2n) is 5.61. The van der Waals surface area contributed by atoms with E-state index >= 15 is 0 Å². The lowest BCUT2D eigenvalue weighted by Crippen LogP contribution is -2.86. The van der Waals surface area contributed by atoms with E-state index in [1.165, 1.54) is 0 Å². The zero-order valence-corrected chi connectivity index (χ0v) is 12.8. The molecule has 0 radical (unpaired) electrons. The van der Waals surface area contributed by atoms with Crippen LogP contribution in [0.4, 0.5) is 0 Å². The first-order chi connectivity index (χ1) is 7.23. The minimum absolute atomic E-state index is 0.104. The van der Waals surface area contributed by atoms with Gasteiger partial charge in [0, 0.05) is 18.8 Å². The van der Waals surface area contributed by atoms with Gasteiger partial charge in [0.1, 0.15) is 9.02 Å². The van der Waals surface area contributed by atoms with Gasteiger partial charge in [-0.25, -0.2) is 0 Å². The van der Waals surface area contributed by atoms with Crippen molar-refractivity contribution in [2.24, 2.45) is 5.92 Å². The maximum Gasteiger partial charge on any atom is 0.321 e. The number of ether oxygens (including phenoxy) is 1. The molecule has 3 nitrogen and oxygen atoms in total. The predicted octanol–water partition coefficient (Wildman–Crippen LogP) is 1.50. The maximum absolute atomic E-state index is 11.9. The largest absolute Gasteiger partial charge is 0.458 e. The van der Waals surface area contributed by atoms with Crippen LogP contribution < -0.4 is 5.32 Å². The summed E-state index contributed by atoms with van der Waals surface area (Å²) in [6.45, 7) is 10.2. The Labute approximate surface area is 112 Å². The number of alkyl halides is 1. The normalized spacial score (nSPS) is 19.6. The third-order valence-electron chi connectivity index (χ3n) is 3.26. The fraction of sp³-hybridized carbons (Fsp3) is 0.917. The van der Waals surface area contributed by atoms with Crippen molar-refractivity contribution in [3.8, 4) is 0 Å². The van der Waals surface area contributed by atoms with Gasteiger partial charge in [0.25, 0.3) is 0 Å². The zero-order valence-electron chi connectivity index (χ0n) is 10.7. The van der Waals surface area contributed by atoms with Crippen LogP contribution >= 0.6 is 22.6 Å². The van der Waals surface area contributed by atoms with E-state index in [2.05, 4.69) is 27.9 Å². The molecule has 2 N–H and O–H groups in total. The van der Waals surface area contributed by atoms with Gasteiger partial charge in [-0.2, -0.15) is 0 Å². The quantitative estimate of drug-likeness (QED) is 0.481. The van der Waals surface area contributed by atoms with E-state index in [-0.39, 0.29) is 11.6 Å². The summed E-state index contributed by atoms with van der Waals surface area (Å²) < 4.78 is 5.25. The summed E-state index contributed by atoms with van der Waals surface area (Å²) in [5.74, 6) is 0.396. The van der Waals surface area contributed by atoms with E-state index in [0.717, 1.165) is 25.9 Å². The second-order valence-corrected chi connectivity index (χ2v) is 8.30. The van der Waals surface area contributed by atoms with Gasteiger partial charge in [-0.3, -0.25) is 4.79 Å². The summed E-state index contributed by atoms with van der Waals surface area (Å²) in [6, 6.07) is 0. The Hall–Kier alpha value is 0.160. The van der Waals surface area contributed by atoms with Crippen LogP contribution in [0.2, 0.25) is 0 Å². The highest BCUT2D eigenvalue weighted by Crippen LogP contribution is 2.30. The van der Waals surface area contributed by atoms with Crippen molar-refractivity contribution in [3.63, 3.8) is 0 Å². The van der Waals surface area contributed by atoms with Crippen molar-refractivity contribution in [1.82, 2.24) is 0 Å². The number of esters is 1. The van der Waals surface area contributed by atoms with Crippen molar-refractivity contribution in [2.75, 3.05) is 13.1 Å². The van der Waals surface area contributed by atoms with Gasteiger partial charge in [-0.05, 0) is 27.7 Å². The lowest BCUT2D eigenvalue weighted by atomic mass is 9.83. The van der Waals surface area contributed by atoms with E-state index in [0.29, 0.717) is 5.92 Å². The molecule has 16 heavy (non-hydrogen) atoms. The molecule has 1 aliphatic heterocycles. The van der Waals surface area contributed by atoms with Crippen molar-refractivity contribution >= 4 is 28.6 Å². The molecule has 0 aromatic carbocycles. The van der Waals surface area contributed by atoms with Gasteiger partial charge >= 0.3 is 5.97 Å².